The molecule has 7 aliphatic rings. The van der Waals surface area contributed by atoms with Crippen molar-refractivity contribution >= 4 is 0 Å². The molecule has 4 heterocycles. The van der Waals surface area contributed by atoms with Crippen LogP contribution in [0.5, 0.6) is 0 Å². The van der Waals surface area contributed by atoms with Gasteiger partial charge < -0.3 is 28.4 Å². The summed E-state index contributed by atoms with van der Waals surface area (Å²) < 4.78 is 81.8. The van der Waals surface area contributed by atoms with E-state index < -0.39 is 11.6 Å². The van der Waals surface area contributed by atoms with E-state index in [-0.39, 0.29) is 25.6 Å². The van der Waals surface area contributed by atoms with E-state index in [1.807, 2.05) is 39.8 Å². The molecule has 6 atom stereocenters. The Kier molecular flexibility index (Phi) is 46.1. The van der Waals surface area contributed by atoms with Crippen LogP contribution in [0.25, 0.3) is 0 Å². The predicted octanol–water partition coefficient (Wildman–Crippen LogP) is 24.0. The Morgan fingerprint density at radius 3 is 0.783 bits per heavy atom. The minimum Gasteiger partial charge on any atom is -0.378 e. The van der Waals surface area contributed by atoms with Crippen molar-refractivity contribution in [3.8, 4) is 0 Å². The highest BCUT2D eigenvalue weighted by Gasteiger charge is 2.17. The molecule has 4 aromatic rings. The van der Waals surface area contributed by atoms with Crippen LogP contribution in [0.2, 0.25) is 0 Å². The molecule has 0 spiro atoms. The second-order valence-corrected chi connectivity index (χ2v) is 28.5. The molecule has 0 amide bonds. The summed E-state index contributed by atoms with van der Waals surface area (Å²) in [4.78, 5) is 0. The maximum atomic E-state index is 12.6. The zero-order valence-electron chi connectivity index (χ0n) is 62.1. The Morgan fingerprint density at radius 2 is 0.565 bits per heavy atom. The van der Waals surface area contributed by atoms with Crippen LogP contribution in [0.3, 0.4) is 0 Å². The van der Waals surface area contributed by atoms with Crippen molar-refractivity contribution in [2.45, 2.75) is 267 Å². The van der Waals surface area contributed by atoms with Gasteiger partial charge >= 0.3 is 0 Å². The third-order valence-electron chi connectivity index (χ3n) is 17.4. The van der Waals surface area contributed by atoms with Gasteiger partial charge in [-0.1, -0.05) is 176 Å². The zero-order chi connectivity index (χ0) is 69.3. The van der Waals surface area contributed by atoms with E-state index in [2.05, 4.69) is 133 Å². The molecule has 526 valence electrons. The highest BCUT2D eigenvalue weighted by molar-refractivity contribution is 5.25. The molecule has 92 heavy (non-hydrogen) atoms. The van der Waals surface area contributed by atoms with Crippen molar-refractivity contribution in [3.63, 3.8) is 0 Å². The van der Waals surface area contributed by atoms with Crippen LogP contribution in [-0.4, -0.2) is 64.4 Å². The van der Waals surface area contributed by atoms with E-state index in [0.717, 1.165) is 86.3 Å². The third-order valence-corrected chi connectivity index (χ3v) is 17.4. The summed E-state index contributed by atoms with van der Waals surface area (Å²) in [6.45, 7) is 50.6. The number of hydrogen-bond donors (Lipinski definition) is 0. The van der Waals surface area contributed by atoms with Gasteiger partial charge in [-0.3, -0.25) is 0 Å². The first kappa shape index (κ1) is 85.9. The zero-order valence-corrected chi connectivity index (χ0v) is 62.1. The number of hydrogen-bond acceptors (Lipinski definition) is 6. The van der Waals surface area contributed by atoms with Gasteiger partial charge in [0, 0.05) is 26.5 Å². The van der Waals surface area contributed by atoms with Crippen LogP contribution >= 0.6 is 0 Å². The summed E-state index contributed by atoms with van der Waals surface area (Å²) in [6.07, 6.45) is 25.0. The molecule has 0 aromatic heterocycles. The Labute approximate surface area is 562 Å². The molecule has 3 aliphatic carbocycles. The fourth-order valence-electron chi connectivity index (χ4n) is 9.82. The van der Waals surface area contributed by atoms with E-state index in [9.17, 15) is 17.6 Å². The van der Waals surface area contributed by atoms with Crippen molar-refractivity contribution in [1.82, 2.24) is 0 Å². The molecule has 11 rings (SSSR count). The molecular formula is C82H134F4O6. The summed E-state index contributed by atoms with van der Waals surface area (Å²) in [5, 5.41) is 0. The summed E-state index contributed by atoms with van der Waals surface area (Å²) in [7, 11) is 0. The summed E-state index contributed by atoms with van der Waals surface area (Å²) >= 11 is 0. The second-order valence-electron chi connectivity index (χ2n) is 28.5. The Hall–Kier alpha value is -4.16. The van der Waals surface area contributed by atoms with Gasteiger partial charge in [-0.05, 0) is 242 Å². The average Bonchev–Trinajstić information content (AvgIpc) is 1.71. The lowest BCUT2D eigenvalue weighted by Gasteiger charge is -2.24. The first-order valence-corrected chi connectivity index (χ1v) is 35.2. The largest absolute Gasteiger partial charge is 0.378 e. The van der Waals surface area contributed by atoms with Crippen molar-refractivity contribution in [3.05, 3.63) is 164 Å². The van der Waals surface area contributed by atoms with Crippen LogP contribution in [-0.2, 0) is 28.4 Å². The van der Waals surface area contributed by atoms with E-state index in [4.69, 9.17) is 28.4 Å². The molecule has 5 fully saturated rings. The number of ether oxygens (including phenoxy) is 6. The standard InChI is InChI=1S/C8H8F2.2C8H9F.C8H16.2C8H14.C8H10.2C7H14O.2C6H12O2.H2/c1-5-3-4-6(2)8(10)7(5)9;2*1-6-3-4-7(2)8(9)5-6;4*1-7-3-5-8(2)6-4-7;2*1-6-3-4-7(2)8-5-6;2*1-5-3-7-6(2)8-4-5;/h3-4H,1-2H3;2*3-5H,1-2H3;7-8H,3-6H2,1-2H3;2*3,8H,4-6H2,1-2H3;3-6H,1-2H3;2*6-7H,3-5H2,1-2H3;2*5-6H,3-4H2,1-2H3;1H. The molecule has 4 saturated heterocycles. The van der Waals surface area contributed by atoms with Gasteiger partial charge in [-0.25, -0.2) is 17.6 Å². The number of halogens is 4. The van der Waals surface area contributed by atoms with Crippen LogP contribution in [0.4, 0.5) is 17.6 Å². The van der Waals surface area contributed by atoms with E-state index in [1.165, 1.54) is 127 Å². The van der Waals surface area contributed by atoms with E-state index >= 15 is 0 Å². The Bertz CT molecular complexity index is 2270. The first-order chi connectivity index (χ1) is 43.3. The van der Waals surface area contributed by atoms with Gasteiger partial charge in [0.2, 0.25) is 0 Å². The van der Waals surface area contributed by atoms with Gasteiger partial charge in [0.05, 0.1) is 38.6 Å². The van der Waals surface area contributed by atoms with Crippen molar-refractivity contribution in [2.75, 3.05) is 39.6 Å². The number of benzene rings is 4. The van der Waals surface area contributed by atoms with Crippen LogP contribution in [0.1, 0.15) is 233 Å². The van der Waals surface area contributed by atoms with Crippen LogP contribution < -0.4 is 0 Å². The summed E-state index contributed by atoms with van der Waals surface area (Å²) in [5.74, 6) is 4.97. The van der Waals surface area contributed by atoms with Gasteiger partial charge in [0.25, 0.3) is 0 Å². The highest BCUT2D eigenvalue weighted by atomic mass is 19.2. The van der Waals surface area contributed by atoms with Crippen LogP contribution in [0, 0.1) is 126 Å². The molecule has 4 aliphatic heterocycles. The maximum absolute atomic E-state index is 12.6. The van der Waals surface area contributed by atoms with E-state index in [1.54, 1.807) is 49.3 Å². The molecule has 10 heteroatoms. The lowest BCUT2D eigenvalue weighted by molar-refractivity contribution is -0.187. The lowest BCUT2D eigenvalue weighted by Crippen LogP contribution is -2.27. The van der Waals surface area contributed by atoms with Crippen molar-refractivity contribution < 1.29 is 47.4 Å². The molecule has 0 N–H and O–H groups in total. The normalized spacial score (nSPS) is 26.2. The number of aryl methyl sites for hydroxylation is 8. The SMILES string of the molecule is CC1=CCC(C)CC1.CC1=CCC(C)CC1.CC1CCC(C)CC1.CC1CCC(C)OC1.CC1CCC(C)OC1.CC1COC(C)OC1.CC1COC(C)OC1.Cc1ccc(C)c(F)c1.Cc1ccc(C)c(F)c1.Cc1ccc(C)c(F)c1F.Cc1ccc(C)cc1.[HH]. The van der Waals surface area contributed by atoms with Crippen molar-refractivity contribution in [2.24, 2.45) is 47.3 Å². The minimum atomic E-state index is -0.736. The minimum absolute atomic E-state index is 0. The Balaban J connectivity index is 0.00000100. The second kappa shape index (κ2) is 49.4. The van der Waals surface area contributed by atoms with E-state index in [0.29, 0.717) is 46.3 Å². The first-order valence-electron chi connectivity index (χ1n) is 35.2. The molecule has 6 nitrogen and oxygen atoms in total. The van der Waals surface area contributed by atoms with Crippen LogP contribution in [0.15, 0.2) is 96.1 Å². The highest BCUT2D eigenvalue weighted by Crippen LogP contribution is 2.28. The molecule has 6 unspecified atom stereocenters. The molecular weight excluding hydrogens is 1160 g/mol. The molecule has 0 radical (unpaired) electrons. The topological polar surface area (TPSA) is 55.4 Å². The van der Waals surface area contributed by atoms with Gasteiger partial charge in [-0.15, -0.1) is 0 Å². The van der Waals surface area contributed by atoms with Crippen molar-refractivity contribution in [1.29, 1.82) is 0 Å². The molecule has 1 saturated carbocycles. The third kappa shape index (κ3) is 43.7. The lowest BCUT2D eigenvalue weighted by atomic mass is 9.84. The van der Waals surface area contributed by atoms with Gasteiger partial charge in [0.15, 0.2) is 24.2 Å². The fraction of sp³-hybridized carbons (Fsp3) is 0.659. The maximum Gasteiger partial charge on any atom is 0.161 e. The molecule has 0 bridgehead atoms. The predicted molar refractivity (Wildman–Crippen MR) is 385 cm³/mol. The molecule has 4 aromatic carbocycles. The van der Waals surface area contributed by atoms with Gasteiger partial charge in [0.1, 0.15) is 11.6 Å². The monoisotopic (exact) mass is 1290 g/mol. The summed E-state index contributed by atoms with van der Waals surface area (Å²) in [5.41, 5.74) is 9.89. The average molecular weight is 1290 g/mol. The van der Waals surface area contributed by atoms with Gasteiger partial charge in [-0.2, -0.15) is 0 Å². The fourth-order valence-corrected chi connectivity index (χ4v) is 9.82. The Morgan fingerprint density at radius 1 is 0.293 bits per heavy atom. The number of allylic oxidation sites excluding steroid dienone is 4. The summed E-state index contributed by atoms with van der Waals surface area (Å²) in [6, 6.07) is 22.0. The quantitative estimate of drug-likeness (QED) is 0.129. The smallest absolute Gasteiger partial charge is 0.161 e. The number of rotatable bonds is 0.